The average Bonchev–Trinajstić information content (AvgIpc) is 3.24. The number of nitrogens with zero attached hydrogens (tertiary/aromatic N) is 4. The van der Waals surface area contributed by atoms with E-state index in [0.29, 0.717) is 17.3 Å². The van der Waals surface area contributed by atoms with E-state index in [-0.39, 0.29) is 5.69 Å². The van der Waals surface area contributed by atoms with Crippen LogP contribution >= 0.6 is 0 Å². The normalized spacial score (nSPS) is 11.3. The van der Waals surface area contributed by atoms with Gasteiger partial charge in [-0.2, -0.15) is 0 Å². The number of imidazole rings is 1. The van der Waals surface area contributed by atoms with E-state index in [1.807, 2.05) is 0 Å². The fraction of sp³-hybridized carbons (Fsp3) is 0. The summed E-state index contributed by atoms with van der Waals surface area (Å²) in [4.78, 5) is 11.2. The number of benzene rings is 2. The maximum absolute atomic E-state index is 13.8. The van der Waals surface area contributed by atoms with Crippen molar-refractivity contribution in [2.45, 2.75) is 4.90 Å². The van der Waals surface area contributed by atoms with E-state index in [4.69, 9.17) is 0 Å². The van der Waals surface area contributed by atoms with E-state index in [1.54, 1.807) is 41.5 Å². The number of nitrogens with one attached hydrogen (secondary N) is 2. The number of hydrogen-bond acceptors (Lipinski definition) is 6. The smallest absolute Gasteiger partial charge is 0.267 e. The molecule has 0 spiro atoms. The minimum Gasteiger partial charge on any atom is -0.340 e. The highest BCUT2D eigenvalue weighted by Crippen LogP contribution is 2.23. The topological polar surface area (TPSA) is 102 Å². The van der Waals surface area contributed by atoms with E-state index < -0.39 is 26.6 Å². The second kappa shape index (κ2) is 7.87. The van der Waals surface area contributed by atoms with Crippen molar-refractivity contribution in [1.82, 2.24) is 19.5 Å². The van der Waals surface area contributed by atoms with Crippen molar-refractivity contribution in [3.8, 4) is 5.82 Å². The summed E-state index contributed by atoms with van der Waals surface area (Å²) in [7, 11) is -4.43. The summed E-state index contributed by atoms with van der Waals surface area (Å²) in [5, 5.41) is 3.06. The molecule has 11 heteroatoms. The van der Waals surface area contributed by atoms with Crippen LogP contribution in [0.4, 0.5) is 26.0 Å². The van der Waals surface area contributed by atoms with Crippen molar-refractivity contribution >= 4 is 27.2 Å². The lowest BCUT2D eigenvalue weighted by Gasteiger charge is -2.11. The van der Waals surface area contributed by atoms with Gasteiger partial charge in [-0.1, -0.05) is 6.07 Å². The van der Waals surface area contributed by atoms with E-state index in [2.05, 4.69) is 25.0 Å². The summed E-state index contributed by atoms with van der Waals surface area (Å²) in [6.07, 6.45) is 6.36. The molecule has 0 aliphatic rings. The van der Waals surface area contributed by atoms with Gasteiger partial charge in [0.2, 0.25) is 0 Å². The Balaban J connectivity index is 1.51. The highest BCUT2D eigenvalue weighted by Gasteiger charge is 2.23. The Labute approximate surface area is 170 Å². The standard InChI is InChI=1S/C19H14F2N6O2S/c20-15-2-1-3-16(21)19(15)30(28,29)26-14-6-4-13(5-7-14)25-17-10-18(24-11-23-17)27-9-8-22-12-27/h1-12,26H,(H,23,24,25). The second-order valence-electron chi connectivity index (χ2n) is 6.09. The fourth-order valence-electron chi connectivity index (χ4n) is 2.67. The van der Waals surface area contributed by atoms with Gasteiger partial charge in [0.05, 0.1) is 0 Å². The molecule has 30 heavy (non-hydrogen) atoms. The van der Waals surface area contributed by atoms with Gasteiger partial charge in [-0.05, 0) is 36.4 Å². The van der Waals surface area contributed by atoms with E-state index >= 15 is 0 Å². The van der Waals surface area contributed by atoms with Crippen molar-refractivity contribution in [2.75, 3.05) is 10.0 Å². The monoisotopic (exact) mass is 428 g/mol. The van der Waals surface area contributed by atoms with Gasteiger partial charge in [0, 0.05) is 29.8 Å². The lowest BCUT2D eigenvalue weighted by atomic mass is 10.3. The summed E-state index contributed by atoms with van der Waals surface area (Å²) in [6, 6.07) is 10.7. The van der Waals surface area contributed by atoms with Crippen molar-refractivity contribution in [1.29, 1.82) is 0 Å². The molecule has 2 aromatic carbocycles. The number of rotatable bonds is 6. The molecule has 0 atom stereocenters. The predicted molar refractivity (Wildman–Crippen MR) is 106 cm³/mol. The van der Waals surface area contributed by atoms with Crippen LogP contribution in [0.15, 0.2) is 78.5 Å². The van der Waals surface area contributed by atoms with Gasteiger partial charge in [0.15, 0.2) is 4.90 Å². The Bertz CT molecular complexity index is 1260. The quantitative estimate of drug-likeness (QED) is 0.488. The van der Waals surface area contributed by atoms with Gasteiger partial charge in [0.1, 0.15) is 35.9 Å². The zero-order valence-electron chi connectivity index (χ0n) is 15.2. The first kappa shape index (κ1) is 19.5. The van der Waals surface area contributed by atoms with Crippen LogP contribution in [0, 0.1) is 11.6 Å². The van der Waals surface area contributed by atoms with Gasteiger partial charge in [-0.15, -0.1) is 0 Å². The molecule has 0 radical (unpaired) electrons. The summed E-state index contributed by atoms with van der Waals surface area (Å²) in [5.41, 5.74) is 0.760. The molecule has 0 saturated heterocycles. The number of halogens is 2. The first-order valence-corrected chi connectivity index (χ1v) is 10.0. The molecule has 2 N–H and O–H groups in total. The lowest BCUT2D eigenvalue weighted by molar-refractivity contribution is 0.521. The van der Waals surface area contributed by atoms with Crippen LogP contribution in [-0.2, 0) is 10.0 Å². The molecule has 2 heterocycles. The Morgan fingerprint density at radius 1 is 0.933 bits per heavy atom. The van der Waals surface area contributed by atoms with Crippen LogP contribution in [0.1, 0.15) is 0 Å². The van der Waals surface area contributed by atoms with Crippen molar-refractivity contribution < 1.29 is 17.2 Å². The maximum Gasteiger partial charge on any atom is 0.267 e. The van der Waals surface area contributed by atoms with Gasteiger partial charge in [-0.25, -0.2) is 32.2 Å². The minimum absolute atomic E-state index is 0.144. The zero-order chi connectivity index (χ0) is 21.1. The molecule has 2 aromatic heterocycles. The third kappa shape index (κ3) is 4.10. The van der Waals surface area contributed by atoms with Crippen LogP contribution in [0.2, 0.25) is 0 Å². The Morgan fingerprint density at radius 3 is 2.30 bits per heavy atom. The van der Waals surface area contributed by atoms with Crippen molar-refractivity contribution in [2.24, 2.45) is 0 Å². The van der Waals surface area contributed by atoms with Crippen LogP contribution in [-0.4, -0.2) is 27.9 Å². The molecule has 0 saturated carbocycles. The van der Waals surface area contributed by atoms with Crippen LogP contribution in [0.5, 0.6) is 0 Å². The highest BCUT2D eigenvalue weighted by molar-refractivity contribution is 7.92. The fourth-order valence-corrected chi connectivity index (χ4v) is 3.86. The Kier molecular flexibility index (Phi) is 5.11. The third-order valence-electron chi connectivity index (χ3n) is 4.02. The maximum atomic E-state index is 13.8. The van der Waals surface area contributed by atoms with E-state index in [0.717, 1.165) is 18.2 Å². The molecular weight excluding hydrogens is 414 g/mol. The minimum atomic E-state index is -4.43. The average molecular weight is 428 g/mol. The summed E-state index contributed by atoms with van der Waals surface area (Å²) >= 11 is 0. The van der Waals surface area contributed by atoms with E-state index in [9.17, 15) is 17.2 Å². The van der Waals surface area contributed by atoms with Crippen LogP contribution < -0.4 is 10.0 Å². The first-order valence-electron chi connectivity index (χ1n) is 8.57. The van der Waals surface area contributed by atoms with Crippen LogP contribution in [0.3, 0.4) is 0 Å². The van der Waals surface area contributed by atoms with Crippen LogP contribution in [0.25, 0.3) is 5.82 Å². The van der Waals surface area contributed by atoms with Crippen molar-refractivity contribution in [3.05, 3.63) is 85.2 Å². The molecule has 4 aromatic rings. The number of aromatic nitrogens is 4. The lowest BCUT2D eigenvalue weighted by Crippen LogP contribution is -2.16. The summed E-state index contributed by atoms with van der Waals surface area (Å²) in [6.45, 7) is 0. The number of anilines is 3. The molecule has 0 bridgehead atoms. The van der Waals surface area contributed by atoms with Crippen molar-refractivity contribution in [3.63, 3.8) is 0 Å². The van der Waals surface area contributed by atoms with E-state index in [1.165, 1.54) is 18.5 Å². The van der Waals surface area contributed by atoms with Gasteiger partial charge in [-0.3, -0.25) is 9.29 Å². The largest absolute Gasteiger partial charge is 0.340 e. The molecule has 0 unspecified atom stereocenters. The molecule has 4 rings (SSSR count). The van der Waals surface area contributed by atoms with Gasteiger partial charge < -0.3 is 5.32 Å². The molecular formula is C19H14F2N6O2S. The third-order valence-corrected chi connectivity index (χ3v) is 5.45. The molecule has 8 nitrogen and oxygen atoms in total. The predicted octanol–water partition coefficient (Wildman–Crippen LogP) is 3.48. The second-order valence-corrected chi connectivity index (χ2v) is 7.71. The molecule has 152 valence electrons. The summed E-state index contributed by atoms with van der Waals surface area (Å²) in [5.74, 6) is -1.21. The first-order chi connectivity index (χ1) is 14.4. The Hall–Kier alpha value is -3.86. The van der Waals surface area contributed by atoms with Gasteiger partial charge in [0.25, 0.3) is 10.0 Å². The SMILES string of the molecule is O=S(=O)(Nc1ccc(Nc2cc(-n3ccnc3)ncn2)cc1)c1c(F)cccc1F. The molecule has 0 amide bonds. The number of sulfonamides is 1. The Morgan fingerprint density at radius 2 is 1.63 bits per heavy atom. The van der Waals surface area contributed by atoms with Gasteiger partial charge >= 0.3 is 0 Å². The molecule has 0 aliphatic heterocycles. The summed E-state index contributed by atoms with van der Waals surface area (Å²) < 4.78 is 56.2. The molecule has 0 aliphatic carbocycles. The zero-order valence-corrected chi connectivity index (χ0v) is 16.0. The molecule has 0 fully saturated rings. The number of hydrogen-bond donors (Lipinski definition) is 2. The highest BCUT2D eigenvalue weighted by atomic mass is 32.2.